The summed E-state index contributed by atoms with van der Waals surface area (Å²) in [6, 6.07) is 9.62. The minimum absolute atomic E-state index is 0.0954. The lowest BCUT2D eigenvalue weighted by Gasteiger charge is -2.15. The van der Waals surface area contributed by atoms with Crippen molar-refractivity contribution in [2.75, 3.05) is 7.11 Å². The molecule has 4 heteroatoms. The van der Waals surface area contributed by atoms with Crippen LogP contribution in [-0.4, -0.2) is 12.2 Å². The molecule has 0 amide bonds. The standard InChI is InChI=1S/C14H17NO2S/c1-10(15-9-12-4-3-7-18-12)13-6-5-11(17-2)8-14(13)16/h3-8,10,15-16H,9H2,1-2H3. The van der Waals surface area contributed by atoms with Crippen LogP contribution in [0, 0.1) is 0 Å². The summed E-state index contributed by atoms with van der Waals surface area (Å²) in [4.78, 5) is 1.29. The van der Waals surface area contributed by atoms with Gasteiger partial charge in [-0.2, -0.15) is 0 Å². The Morgan fingerprint density at radius 1 is 1.39 bits per heavy atom. The quantitative estimate of drug-likeness (QED) is 0.869. The van der Waals surface area contributed by atoms with Crippen LogP contribution in [0.3, 0.4) is 0 Å². The first kappa shape index (κ1) is 12.9. The van der Waals surface area contributed by atoms with Gasteiger partial charge in [0.15, 0.2) is 0 Å². The molecule has 0 saturated carbocycles. The molecule has 2 N–H and O–H groups in total. The molecule has 1 aromatic carbocycles. The topological polar surface area (TPSA) is 41.5 Å². The molecule has 18 heavy (non-hydrogen) atoms. The predicted molar refractivity (Wildman–Crippen MR) is 74.2 cm³/mol. The highest BCUT2D eigenvalue weighted by atomic mass is 32.1. The van der Waals surface area contributed by atoms with E-state index in [9.17, 15) is 5.11 Å². The molecule has 0 bridgehead atoms. The summed E-state index contributed by atoms with van der Waals surface area (Å²) >= 11 is 1.73. The number of phenols is 1. The van der Waals surface area contributed by atoms with Gasteiger partial charge >= 0.3 is 0 Å². The summed E-state index contributed by atoms with van der Waals surface area (Å²) in [5, 5.41) is 15.4. The van der Waals surface area contributed by atoms with Gasteiger partial charge in [-0.05, 0) is 24.4 Å². The third-order valence-corrected chi connectivity index (χ3v) is 3.74. The average Bonchev–Trinajstić information content (AvgIpc) is 2.88. The molecular weight excluding hydrogens is 246 g/mol. The minimum atomic E-state index is 0.0954. The van der Waals surface area contributed by atoms with Crippen LogP contribution in [0.25, 0.3) is 0 Å². The molecule has 2 rings (SSSR count). The molecule has 1 unspecified atom stereocenters. The van der Waals surface area contributed by atoms with Crippen molar-refractivity contribution in [3.63, 3.8) is 0 Å². The van der Waals surface area contributed by atoms with E-state index in [0.717, 1.165) is 12.1 Å². The Bertz CT molecular complexity index is 497. The van der Waals surface area contributed by atoms with E-state index in [2.05, 4.69) is 16.8 Å². The van der Waals surface area contributed by atoms with Gasteiger partial charge in [0.05, 0.1) is 7.11 Å². The first-order chi connectivity index (χ1) is 8.70. The number of aromatic hydroxyl groups is 1. The second-order valence-corrected chi connectivity index (χ2v) is 5.14. The highest BCUT2D eigenvalue weighted by molar-refractivity contribution is 7.09. The summed E-state index contributed by atoms with van der Waals surface area (Å²) in [6.45, 7) is 2.85. The van der Waals surface area contributed by atoms with Crippen molar-refractivity contribution in [3.05, 3.63) is 46.2 Å². The third kappa shape index (κ3) is 3.03. The van der Waals surface area contributed by atoms with Gasteiger partial charge in [-0.25, -0.2) is 0 Å². The van der Waals surface area contributed by atoms with E-state index < -0.39 is 0 Å². The number of hydrogen-bond acceptors (Lipinski definition) is 4. The molecule has 2 aromatic rings. The molecule has 0 aliphatic heterocycles. The van der Waals surface area contributed by atoms with Crippen LogP contribution in [0.15, 0.2) is 35.7 Å². The van der Waals surface area contributed by atoms with E-state index in [0.29, 0.717) is 5.75 Å². The van der Waals surface area contributed by atoms with Gasteiger partial charge in [0.25, 0.3) is 0 Å². The number of nitrogens with one attached hydrogen (secondary N) is 1. The van der Waals surface area contributed by atoms with Crippen LogP contribution in [0.4, 0.5) is 0 Å². The van der Waals surface area contributed by atoms with Crippen molar-refractivity contribution < 1.29 is 9.84 Å². The van der Waals surface area contributed by atoms with Gasteiger partial charge in [-0.3, -0.25) is 0 Å². The zero-order chi connectivity index (χ0) is 13.0. The van der Waals surface area contributed by atoms with Gasteiger partial charge in [-0.15, -0.1) is 11.3 Å². The highest BCUT2D eigenvalue weighted by Crippen LogP contribution is 2.28. The maximum absolute atomic E-state index is 9.93. The van der Waals surface area contributed by atoms with Crippen molar-refractivity contribution in [1.82, 2.24) is 5.32 Å². The summed E-state index contributed by atoms with van der Waals surface area (Å²) in [5.74, 6) is 0.933. The van der Waals surface area contributed by atoms with Crippen molar-refractivity contribution in [3.8, 4) is 11.5 Å². The van der Waals surface area contributed by atoms with E-state index in [1.807, 2.05) is 25.1 Å². The van der Waals surface area contributed by atoms with E-state index in [1.165, 1.54) is 4.88 Å². The van der Waals surface area contributed by atoms with Crippen molar-refractivity contribution >= 4 is 11.3 Å². The Morgan fingerprint density at radius 2 is 2.22 bits per heavy atom. The summed E-state index contributed by atoms with van der Waals surface area (Å²) in [6.07, 6.45) is 0. The zero-order valence-corrected chi connectivity index (χ0v) is 11.3. The van der Waals surface area contributed by atoms with Gasteiger partial charge in [0.1, 0.15) is 11.5 Å². The normalized spacial score (nSPS) is 12.3. The monoisotopic (exact) mass is 263 g/mol. The second-order valence-electron chi connectivity index (χ2n) is 4.11. The van der Waals surface area contributed by atoms with Gasteiger partial charge in [0.2, 0.25) is 0 Å². The molecule has 0 aliphatic rings. The van der Waals surface area contributed by atoms with Gasteiger partial charge < -0.3 is 15.2 Å². The predicted octanol–water partition coefficient (Wildman–Crippen LogP) is 3.31. The smallest absolute Gasteiger partial charge is 0.124 e. The van der Waals surface area contributed by atoms with Gasteiger partial charge in [-0.1, -0.05) is 12.1 Å². The van der Waals surface area contributed by atoms with Crippen LogP contribution in [0.1, 0.15) is 23.4 Å². The van der Waals surface area contributed by atoms with E-state index in [1.54, 1.807) is 24.5 Å². The Labute approximate surface area is 111 Å². The zero-order valence-electron chi connectivity index (χ0n) is 10.5. The Kier molecular flexibility index (Phi) is 4.23. The molecule has 0 radical (unpaired) electrons. The maximum Gasteiger partial charge on any atom is 0.124 e. The number of benzene rings is 1. The fraction of sp³-hybridized carbons (Fsp3) is 0.286. The summed E-state index contributed by atoms with van der Waals surface area (Å²) in [7, 11) is 1.59. The van der Waals surface area contributed by atoms with Crippen LogP contribution in [0.2, 0.25) is 0 Å². The van der Waals surface area contributed by atoms with Crippen molar-refractivity contribution in [1.29, 1.82) is 0 Å². The van der Waals surface area contributed by atoms with Crippen LogP contribution in [-0.2, 0) is 6.54 Å². The van der Waals surface area contributed by atoms with E-state index in [4.69, 9.17) is 4.74 Å². The number of ether oxygens (including phenoxy) is 1. The first-order valence-corrected chi connectivity index (χ1v) is 6.71. The lowest BCUT2D eigenvalue weighted by Crippen LogP contribution is -2.17. The molecular formula is C14H17NO2S. The van der Waals surface area contributed by atoms with Crippen LogP contribution < -0.4 is 10.1 Å². The lowest BCUT2D eigenvalue weighted by molar-refractivity contribution is 0.404. The largest absolute Gasteiger partial charge is 0.507 e. The fourth-order valence-electron chi connectivity index (χ4n) is 1.79. The number of phenolic OH excluding ortho intramolecular Hbond substituents is 1. The summed E-state index contributed by atoms with van der Waals surface area (Å²) < 4.78 is 5.07. The molecule has 0 spiro atoms. The first-order valence-electron chi connectivity index (χ1n) is 5.83. The summed E-state index contributed by atoms with van der Waals surface area (Å²) in [5.41, 5.74) is 0.882. The number of hydrogen-bond donors (Lipinski definition) is 2. The molecule has 0 aliphatic carbocycles. The number of methoxy groups -OCH3 is 1. The molecule has 1 atom stereocenters. The molecule has 0 saturated heterocycles. The van der Waals surface area contributed by atoms with Crippen molar-refractivity contribution in [2.45, 2.75) is 19.5 Å². The average molecular weight is 263 g/mol. The Morgan fingerprint density at radius 3 is 2.83 bits per heavy atom. The minimum Gasteiger partial charge on any atom is -0.507 e. The Balaban J connectivity index is 2.02. The lowest BCUT2D eigenvalue weighted by atomic mass is 10.1. The fourth-order valence-corrected chi connectivity index (χ4v) is 2.45. The third-order valence-electron chi connectivity index (χ3n) is 2.87. The second kappa shape index (κ2) is 5.89. The number of rotatable bonds is 5. The maximum atomic E-state index is 9.93. The Hall–Kier alpha value is -1.52. The van der Waals surface area contributed by atoms with Crippen LogP contribution >= 0.6 is 11.3 Å². The number of thiophene rings is 1. The van der Waals surface area contributed by atoms with Crippen LogP contribution in [0.5, 0.6) is 11.5 Å². The molecule has 3 nitrogen and oxygen atoms in total. The van der Waals surface area contributed by atoms with Gasteiger partial charge in [0, 0.05) is 29.1 Å². The molecule has 1 heterocycles. The van der Waals surface area contributed by atoms with Crippen molar-refractivity contribution in [2.24, 2.45) is 0 Å². The molecule has 1 aromatic heterocycles. The van der Waals surface area contributed by atoms with E-state index >= 15 is 0 Å². The molecule has 0 fully saturated rings. The highest BCUT2D eigenvalue weighted by Gasteiger charge is 2.10. The SMILES string of the molecule is COc1ccc(C(C)NCc2cccs2)c(O)c1. The van der Waals surface area contributed by atoms with E-state index in [-0.39, 0.29) is 11.8 Å². The molecule has 96 valence electrons.